The van der Waals surface area contributed by atoms with E-state index in [-0.39, 0.29) is 12.0 Å². The van der Waals surface area contributed by atoms with Crippen molar-refractivity contribution in [1.82, 2.24) is 0 Å². The lowest BCUT2D eigenvalue weighted by Gasteiger charge is -2.50. The van der Waals surface area contributed by atoms with Crippen molar-refractivity contribution in [3.8, 4) is 0 Å². The van der Waals surface area contributed by atoms with Crippen LogP contribution in [0.15, 0.2) is 0 Å². The molecule has 3 fully saturated rings. The third-order valence-electron chi connectivity index (χ3n) is 4.59. The van der Waals surface area contributed by atoms with E-state index < -0.39 is 59.9 Å². The molecule has 3 aliphatic rings. The summed E-state index contributed by atoms with van der Waals surface area (Å²) in [5, 5.41) is 10.1. The van der Waals surface area contributed by atoms with Gasteiger partial charge in [0.25, 0.3) is 0 Å². The Kier molecular flexibility index (Phi) is 3.42. The van der Waals surface area contributed by atoms with Crippen molar-refractivity contribution in [2.45, 2.75) is 30.9 Å². The molecule has 3 aliphatic heterocycles. The largest absolute Gasteiger partial charge is 0.445 e. The molecule has 10 heteroatoms. The molecule has 1 N–H and O–H groups in total. The van der Waals surface area contributed by atoms with E-state index in [2.05, 4.69) is 0 Å². The minimum atomic E-state index is -2.26. The topological polar surface area (TPSA) is 47.9 Å². The molecule has 23 heavy (non-hydrogen) atoms. The van der Waals surface area contributed by atoms with Crippen molar-refractivity contribution in [3.63, 3.8) is 0 Å². The van der Waals surface area contributed by atoms with Gasteiger partial charge in [0.05, 0.1) is 18.7 Å². The van der Waals surface area contributed by atoms with Crippen molar-refractivity contribution in [2.75, 3.05) is 6.61 Å². The first-order valence-corrected chi connectivity index (χ1v) is 7.02. The van der Waals surface area contributed by atoms with Crippen molar-refractivity contribution >= 4 is 12.4 Å². The number of ether oxygens (including phenoxy) is 3. The standard InChI is InChI=1S/C13H10BF5O4/c15-6-5(7(16)9(18)10(19)8(6)17)14(20)12-4-1-3-2-21-13(22-3)11(4)23-12/h3-4,11-13,20H,1-2H2/t3-,4-,11+,12?,13-/m0/s1. The van der Waals surface area contributed by atoms with Gasteiger partial charge in [-0.2, -0.15) is 0 Å². The molecule has 0 amide bonds. The highest BCUT2D eigenvalue weighted by Gasteiger charge is 2.59. The number of benzene rings is 1. The predicted octanol–water partition coefficient (Wildman–Crippen LogP) is 0.641. The number of halogens is 5. The van der Waals surface area contributed by atoms with Crippen molar-refractivity contribution in [1.29, 1.82) is 0 Å². The maximum Gasteiger partial charge on any atom is 0.360 e. The zero-order chi connectivity index (χ0) is 16.5. The van der Waals surface area contributed by atoms with Gasteiger partial charge in [-0.1, -0.05) is 0 Å². The van der Waals surface area contributed by atoms with Gasteiger partial charge in [0, 0.05) is 11.4 Å². The van der Waals surface area contributed by atoms with E-state index in [1.54, 1.807) is 0 Å². The Bertz CT molecular complexity index is 645. The van der Waals surface area contributed by atoms with Crippen molar-refractivity contribution in [3.05, 3.63) is 29.1 Å². The highest BCUT2D eigenvalue weighted by Crippen LogP contribution is 2.44. The molecule has 0 saturated carbocycles. The van der Waals surface area contributed by atoms with E-state index in [9.17, 15) is 27.0 Å². The Balaban J connectivity index is 1.65. The first-order chi connectivity index (χ1) is 10.9. The lowest BCUT2D eigenvalue weighted by atomic mass is 9.49. The van der Waals surface area contributed by atoms with Gasteiger partial charge in [-0.05, 0) is 6.42 Å². The van der Waals surface area contributed by atoms with Crippen LogP contribution in [0.5, 0.6) is 0 Å². The summed E-state index contributed by atoms with van der Waals surface area (Å²) in [6.45, 7) is -1.63. The van der Waals surface area contributed by atoms with Gasteiger partial charge < -0.3 is 19.2 Å². The lowest BCUT2D eigenvalue weighted by Crippen LogP contribution is -2.66. The van der Waals surface area contributed by atoms with E-state index in [0.29, 0.717) is 13.0 Å². The molecule has 1 unspecified atom stereocenters. The Hall–Kier alpha value is -1.23. The van der Waals surface area contributed by atoms with E-state index in [1.165, 1.54) is 0 Å². The third kappa shape index (κ3) is 2.05. The fourth-order valence-corrected chi connectivity index (χ4v) is 3.44. The second kappa shape index (κ2) is 5.14. The summed E-state index contributed by atoms with van der Waals surface area (Å²) in [6.07, 6.45) is -0.956. The van der Waals surface area contributed by atoms with Crippen LogP contribution in [0.3, 0.4) is 0 Å². The van der Waals surface area contributed by atoms with Crippen LogP contribution < -0.4 is 5.46 Å². The molecular weight excluding hydrogens is 326 g/mol. The van der Waals surface area contributed by atoms with Crippen LogP contribution in [-0.4, -0.2) is 43.0 Å². The maximum absolute atomic E-state index is 13.8. The van der Waals surface area contributed by atoms with E-state index in [1.807, 2.05) is 0 Å². The second-order valence-electron chi connectivity index (χ2n) is 5.85. The van der Waals surface area contributed by atoms with Gasteiger partial charge in [-0.25, -0.2) is 22.0 Å². The highest BCUT2D eigenvalue weighted by atomic mass is 19.2. The van der Waals surface area contributed by atoms with Gasteiger partial charge in [-0.15, -0.1) is 0 Å². The molecule has 0 spiro atoms. The van der Waals surface area contributed by atoms with Crippen LogP contribution >= 0.6 is 0 Å². The number of hydrogen-bond acceptors (Lipinski definition) is 4. The molecule has 2 bridgehead atoms. The Morgan fingerprint density at radius 2 is 1.52 bits per heavy atom. The number of hydrogen-bond donors (Lipinski definition) is 1. The van der Waals surface area contributed by atoms with Crippen molar-refractivity contribution < 1.29 is 41.2 Å². The summed E-state index contributed by atoms with van der Waals surface area (Å²) < 4.78 is 83.2. The summed E-state index contributed by atoms with van der Waals surface area (Å²) in [5.41, 5.74) is -1.27. The monoisotopic (exact) mass is 336 g/mol. The quantitative estimate of drug-likeness (QED) is 0.373. The molecule has 4 nitrogen and oxygen atoms in total. The van der Waals surface area contributed by atoms with E-state index in [0.717, 1.165) is 0 Å². The molecule has 5 atom stereocenters. The van der Waals surface area contributed by atoms with Gasteiger partial charge in [-0.3, -0.25) is 0 Å². The molecular formula is C13H10BF5O4. The molecule has 3 saturated heterocycles. The molecule has 124 valence electrons. The van der Waals surface area contributed by atoms with Gasteiger partial charge >= 0.3 is 6.92 Å². The fraction of sp³-hybridized carbons (Fsp3) is 0.538. The second-order valence-corrected chi connectivity index (χ2v) is 5.85. The predicted molar refractivity (Wildman–Crippen MR) is 65.2 cm³/mol. The van der Waals surface area contributed by atoms with Gasteiger partial charge in [0.15, 0.2) is 35.4 Å². The normalized spacial score (nSPS) is 35.0. The molecule has 1 aromatic carbocycles. The molecule has 0 aliphatic carbocycles. The first-order valence-electron chi connectivity index (χ1n) is 7.02. The molecule has 4 rings (SSSR count). The van der Waals surface area contributed by atoms with Crippen molar-refractivity contribution in [2.24, 2.45) is 5.92 Å². The average Bonchev–Trinajstić information content (AvgIpc) is 2.91. The molecule has 0 radical (unpaired) electrons. The lowest BCUT2D eigenvalue weighted by molar-refractivity contribution is -0.276. The highest BCUT2D eigenvalue weighted by molar-refractivity contribution is 6.67. The minimum Gasteiger partial charge on any atom is -0.445 e. The number of rotatable bonds is 2. The third-order valence-corrected chi connectivity index (χ3v) is 4.59. The fourth-order valence-electron chi connectivity index (χ4n) is 3.44. The maximum atomic E-state index is 13.8. The summed E-state index contributed by atoms with van der Waals surface area (Å²) >= 11 is 0. The molecule has 0 aromatic heterocycles. The molecule has 1 aromatic rings. The zero-order valence-electron chi connectivity index (χ0n) is 11.4. The summed E-state index contributed by atoms with van der Waals surface area (Å²) in [5.74, 6) is -10.9. The van der Waals surface area contributed by atoms with Crippen LogP contribution in [0, 0.1) is 35.0 Å². The smallest absolute Gasteiger partial charge is 0.360 e. The summed E-state index contributed by atoms with van der Waals surface area (Å²) in [6, 6.07) is -1.08. The zero-order valence-corrected chi connectivity index (χ0v) is 11.4. The van der Waals surface area contributed by atoms with E-state index in [4.69, 9.17) is 14.2 Å². The number of fused-ring (bicyclic) bond motifs is 4. The summed E-state index contributed by atoms with van der Waals surface area (Å²) in [4.78, 5) is 0. The Morgan fingerprint density at radius 1 is 0.913 bits per heavy atom. The van der Waals surface area contributed by atoms with Crippen LogP contribution in [0.4, 0.5) is 22.0 Å². The van der Waals surface area contributed by atoms with Crippen LogP contribution in [0.2, 0.25) is 0 Å². The van der Waals surface area contributed by atoms with Gasteiger partial charge in [0.2, 0.25) is 0 Å². The Morgan fingerprint density at radius 3 is 2.17 bits per heavy atom. The first kappa shape index (κ1) is 15.3. The van der Waals surface area contributed by atoms with Crippen LogP contribution in [0.1, 0.15) is 6.42 Å². The summed E-state index contributed by atoms with van der Waals surface area (Å²) in [7, 11) is 0. The van der Waals surface area contributed by atoms with Crippen LogP contribution in [0.25, 0.3) is 0 Å². The Labute approximate surface area is 127 Å². The minimum absolute atomic E-state index is 0.226. The van der Waals surface area contributed by atoms with Gasteiger partial charge in [0.1, 0.15) is 6.10 Å². The SMILES string of the molecule is OB(c1c(F)c(F)c(F)c(F)c1F)C1O[C@H]2[C@H]3OC[C@H](C[C@H]12)O3. The molecule has 3 heterocycles. The van der Waals surface area contributed by atoms with E-state index >= 15 is 0 Å². The van der Waals surface area contributed by atoms with Crippen LogP contribution in [-0.2, 0) is 14.2 Å². The average molecular weight is 336 g/mol.